The number of aliphatic hydroxyl groups excluding tert-OH is 1. The normalized spacial score (nSPS) is 16.7. The number of amides is 1. The molecule has 0 aliphatic carbocycles. The Bertz CT molecular complexity index is 511. The van der Waals surface area contributed by atoms with E-state index in [1.165, 1.54) is 11.1 Å². The van der Waals surface area contributed by atoms with E-state index in [1.807, 2.05) is 26.8 Å². The lowest BCUT2D eigenvalue weighted by Crippen LogP contribution is -2.43. The van der Waals surface area contributed by atoms with Gasteiger partial charge in [0.25, 0.3) is 0 Å². The number of fused-ring (bicyclic) bond motifs is 1. The number of nitrogens with zero attached hydrogens (tertiary/aromatic N) is 1. The molecular weight excluding hydrogens is 280 g/mol. The average molecular weight is 306 g/mol. The monoisotopic (exact) mass is 306 g/mol. The summed E-state index contributed by atoms with van der Waals surface area (Å²) in [6.45, 7) is 7.97. The molecule has 22 heavy (non-hydrogen) atoms. The molecule has 0 radical (unpaired) electrons. The zero-order chi connectivity index (χ0) is 16.2. The molecule has 0 spiro atoms. The number of ether oxygens (including phenoxy) is 1. The fourth-order valence-corrected chi connectivity index (χ4v) is 2.59. The highest BCUT2D eigenvalue weighted by Crippen LogP contribution is 2.18. The first-order valence-corrected chi connectivity index (χ1v) is 7.77. The highest BCUT2D eigenvalue weighted by Gasteiger charge is 2.20. The molecule has 0 bridgehead atoms. The third-order valence-corrected chi connectivity index (χ3v) is 3.56. The summed E-state index contributed by atoms with van der Waals surface area (Å²) in [5.41, 5.74) is 2.19. The lowest BCUT2D eigenvalue weighted by molar-refractivity contribution is 0.0464. The van der Waals surface area contributed by atoms with Gasteiger partial charge in [0.15, 0.2) is 0 Å². The molecule has 1 amide bonds. The molecule has 1 aromatic rings. The van der Waals surface area contributed by atoms with Gasteiger partial charge in [0.05, 0.1) is 6.10 Å². The van der Waals surface area contributed by atoms with Gasteiger partial charge in [0.1, 0.15) is 5.60 Å². The summed E-state index contributed by atoms with van der Waals surface area (Å²) in [5.74, 6) is 0. The van der Waals surface area contributed by atoms with Gasteiger partial charge in [0.2, 0.25) is 0 Å². The van der Waals surface area contributed by atoms with Crippen LogP contribution in [0.25, 0.3) is 0 Å². The van der Waals surface area contributed by atoms with E-state index < -0.39 is 17.8 Å². The van der Waals surface area contributed by atoms with Crippen LogP contribution in [0.2, 0.25) is 0 Å². The van der Waals surface area contributed by atoms with Gasteiger partial charge in [-0.1, -0.05) is 24.3 Å². The Kier molecular flexibility index (Phi) is 5.42. The van der Waals surface area contributed by atoms with E-state index in [-0.39, 0.29) is 6.54 Å². The maximum Gasteiger partial charge on any atom is 0.407 e. The smallest absolute Gasteiger partial charge is 0.407 e. The molecule has 5 heteroatoms. The van der Waals surface area contributed by atoms with Crippen molar-refractivity contribution in [2.45, 2.75) is 45.4 Å². The molecule has 1 heterocycles. The Morgan fingerprint density at radius 3 is 2.73 bits per heavy atom. The van der Waals surface area contributed by atoms with Crippen molar-refractivity contribution in [3.63, 3.8) is 0 Å². The van der Waals surface area contributed by atoms with Crippen molar-refractivity contribution in [1.82, 2.24) is 10.2 Å². The van der Waals surface area contributed by atoms with Gasteiger partial charge in [-0.2, -0.15) is 0 Å². The minimum absolute atomic E-state index is 0.201. The van der Waals surface area contributed by atoms with Crippen LogP contribution < -0.4 is 5.32 Å². The molecule has 1 aliphatic heterocycles. The summed E-state index contributed by atoms with van der Waals surface area (Å²) in [7, 11) is 0. The standard InChI is InChI=1S/C17H26N2O3/c1-17(2,3)22-16(21)18-10-15(20)12-19-9-8-13-6-4-5-7-14(13)11-19/h4-7,15,20H,8-12H2,1-3H3,(H,18,21). The van der Waals surface area contributed by atoms with Crippen molar-refractivity contribution in [3.05, 3.63) is 35.4 Å². The van der Waals surface area contributed by atoms with Gasteiger partial charge in [-0.25, -0.2) is 4.79 Å². The number of carbonyl (C=O) groups is 1. The molecule has 0 saturated carbocycles. The topological polar surface area (TPSA) is 61.8 Å². The molecule has 2 rings (SSSR count). The zero-order valence-electron chi connectivity index (χ0n) is 13.6. The number of β-amino-alcohol motifs (C(OH)–C–C–N with tert-alkyl or cyclic N) is 1. The molecule has 5 nitrogen and oxygen atoms in total. The van der Waals surface area contributed by atoms with Crippen molar-refractivity contribution in [3.8, 4) is 0 Å². The first-order chi connectivity index (χ1) is 10.3. The third-order valence-electron chi connectivity index (χ3n) is 3.56. The summed E-state index contributed by atoms with van der Waals surface area (Å²) in [5, 5.41) is 12.7. The Balaban J connectivity index is 1.74. The molecule has 0 saturated heterocycles. The number of aliphatic hydroxyl groups is 1. The van der Waals surface area contributed by atoms with E-state index in [0.29, 0.717) is 6.54 Å². The maximum atomic E-state index is 11.6. The molecule has 1 unspecified atom stereocenters. The number of benzene rings is 1. The van der Waals surface area contributed by atoms with Crippen LogP contribution in [0, 0.1) is 0 Å². The van der Waals surface area contributed by atoms with E-state index in [0.717, 1.165) is 19.5 Å². The SMILES string of the molecule is CC(C)(C)OC(=O)NCC(O)CN1CCc2ccccc2C1. The van der Waals surface area contributed by atoms with Crippen LogP contribution in [0.1, 0.15) is 31.9 Å². The molecule has 0 fully saturated rings. The minimum Gasteiger partial charge on any atom is -0.444 e. The predicted octanol–water partition coefficient (Wildman–Crippen LogP) is 1.93. The van der Waals surface area contributed by atoms with Crippen molar-refractivity contribution in [2.75, 3.05) is 19.6 Å². The van der Waals surface area contributed by atoms with Crippen molar-refractivity contribution < 1.29 is 14.6 Å². The van der Waals surface area contributed by atoms with Crippen molar-refractivity contribution >= 4 is 6.09 Å². The second-order valence-electron chi connectivity index (χ2n) is 6.79. The number of nitrogens with one attached hydrogen (secondary N) is 1. The van der Waals surface area contributed by atoms with Crippen LogP contribution in [-0.2, 0) is 17.7 Å². The van der Waals surface area contributed by atoms with Crippen LogP contribution in [0.15, 0.2) is 24.3 Å². The van der Waals surface area contributed by atoms with Crippen LogP contribution in [0.5, 0.6) is 0 Å². The van der Waals surface area contributed by atoms with Crippen LogP contribution in [0.4, 0.5) is 4.79 Å². The lowest BCUT2D eigenvalue weighted by atomic mass is 10.00. The summed E-state index contributed by atoms with van der Waals surface area (Å²) < 4.78 is 5.15. The molecule has 1 aliphatic rings. The van der Waals surface area contributed by atoms with Gasteiger partial charge < -0.3 is 15.2 Å². The molecule has 122 valence electrons. The fourth-order valence-electron chi connectivity index (χ4n) is 2.59. The van der Waals surface area contributed by atoms with Crippen LogP contribution in [0.3, 0.4) is 0 Å². The number of carbonyl (C=O) groups excluding carboxylic acids is 1. The molecule has 1 atom stereocenters. The highest BCUT2D eigenvalue weighted by atomic mass is 16.6. The Morgan fingerprint density at radius 1 is 1.36 bits per heavy atom. The number of alkyl carbamates (subject to hydrolysis) is 1. The zero-order valence-corrected chi connectivity index (χ0v) is 13.6. The molecule has 2 N–H and O–H groups in total. The van der Waals surface area contributed by atoms with Gasteiger partial charge in [-0.15, -0.1) is 0 Å². The van der Waals surface area contributed by atoms with E-state index in [4.69, 9.17) is 4.74 Å². The number of rotatable bonds is 4. The average Bonchev–Trinajstić information content (AvgIpc) is 2.43. The number of hydrogen-bond acceptors (Lipinski definition) is 4. The van der Waals surface area contributed by atoms with E-state index in [9.17, 15) is 9.90 Å². The second-order valence-corrected chi connectivity index (χ2v) is 6.79. The predicted molar refractivity (Wildman–Crippen MR) is 85.7 cm³/mol. The number of hydrogen-bond donors (Lipinski definition) is 2. The van der Waals surface area contributed by atoms with Gasteiger partial charge in [-0.05, 0) is 38.3 Å². The van der Waals surface area contributed by atoms with Crippen LogP contribution >= 0.6 is 0 Å². The third kappa shape index (κ3) is 5.31. The molecule has 0 aromatic heterocycles. The summed E-state index contributed by atoms with van der Waals surface area (Å²) >= 11 is 0. The largest absolute Gasteiger partial charge is 0.444 e. The van der Waals surface area contributed by atoms with Gasteiger partial charge >= 0.3 is 6.09 Å². The minimum atomic E-state index is -0.599. The quantitative estimate of drug-likeness (QED) is 0.892. The Morgan fingerprint density at radius 2 is 2.05 bits per heavy atom. The van der Waals surface area contributed by atoms with Crippen LogP contribution in [-0.4, -0.2) is 47.4 Å². The van der Waals surface area contributed by atoms with E-state index in [2.05, 4.69) is 28.4 Å². The maximum absolute atomic E-state index is 11.6. The highest BCUT2D eigenvalue weighted by molar-refractivity contribution is 5.67. The summed E-state index contributed by atoms with van der Waals surface area (Å²) in [6, 6.07) is 8.40. The van der Waals surface area contributed by atoms with Crippen molar-refractivity contribution in [1.29, 1.82) is 0 Å². The molecule has 1 aromatic carbocycles. The summed E-state index contributed by atoms with van der Waals surface area (Å²) in [6.07, 6.45) is -0.0871. The van der Waals surface area contributed by atoms with E-state index >= 15 is 0 Å². The van der Waals surface area contributed by atoms with Gasteiger partial charge in [0, 0.05) is 26.2 Å². The Labute approximate surface area is 132 Å². The Hall–Kier alpha value is -1.59. The first-order valence-electron chi connectivity index (χ1n) is 7.77. The molecular formula is C17H26N2O3. The van der Waals surface area contributed by atoms with Crippen molar-refractivity contribution in [2.24, 2.45) is 0 Å². The summed E-state index contributed by atoms with van der Waals surface area (Å²) in [4.78, 5) is 13.8. The second kappa shape index (κ2) is 7.11. The lowest BCUT2D eigenvalue weighted by Gasteiger charge is -2.30. The fraction of sp³-hybridized carbons (Fsp3) is 0.588. The van der Waals surface area contributed by atoms with E-state index in [1.54, 1.807) is 0 Å². The van der Waals surface area contributed by atoms with Gasteiger partial charge in [-0.3, -0.25) is 4.90 Å². The first kappa shape index (κ1) is 16.8.